The molecule has 3 amide bonds. The molecule has 50 nitrogen and oxygen atoms in total. The summed E-state index contributed by atoms with van der Waals surface area (Å²) < 4.78 is 99.0. The van der Waals surface area contributed by atoms with Gasteiger partial charge in [-0.3, -0.25) is 65.0 Å². The number of likely N-dealkylation sites (N-methyl/N-ethyl adjacent to an activating group) is 4. The van der Waals surface area contributed by atoms with Gasteiger partial charge in [0.15, 0.2) is 6.92 Å². The van der Waals surface area contributed by atoms with Crippen LogP contribution in [0.4, 0.5) is 94.9 Å². The van der Waals surface area contributed by atoms with E-state index in [0.29, 0.717) is 53.1 Å². The van der Waals surface area contributed by atoms with Crippen molar-refractivity contribution in [1.29, 1.82) is 5.26 Å². The number of anilines is 7. The minimum Gasteiger partial charge on any atom is -1.00 e. The summed E-state index contributed by atoms with van der Waals surface area (Å²) in [6.07, 6.45) is -11.2. The minimum atomic E-state index is -5.62. The number of carbonyl (C=O) groups excluding carboxylic acids is 6. The molecule has 7 aromatic heterocycles. The number of alkyl halides is 6. The fraction of sp³-hybridized carbons (Fsp3) is 0.348. The number of ether oxygens (including phenoxy) is 7. The van der Waals surface area contributed by atoms with Crippen LogP contribution in [0.25, 0.3) is 0 Å². The van der Waals surface area contributed by atoms with Gasteiger partial charge >= 0.3 is 87.5 Å². The Bertz CT molecular complexity index is 4900. The van der Waals surface area contributed by atoms with Crippen LogP contribution >= 0.6 is 81.2 Å². The molecule has 0 radical (unpaired) electrons. The topological polar surface area (TPSA) is 681 Å². The normalized spacial score (nSPS) is 9.60. The molecule has 0 saturated heterocycles. The molecular weight excluding hydrogens is 1930 g/mol. The van der Waals surface area contributed by atoms with Crippen LogP contribution in [0.5, 0.6) is 35.3 Å². The molecule has 0 aromatic carbocycles. The van der Waals surface area contributed by atoms with Crippen molar-refractivity contribution in [3.8, 4) is 41.3 Å². The summed E-state index contributed by atoms with van der Waals surface area (Å²) in [4.78, 5) is 154. The van der Waals surface area contributed by atoms with Gasteiger partial charge in [-0.1, -0.05) is 69.6 Å². The Morgan fingerprint density at radius 1 is 0.462 bits per heavy atom. The largest absolute Gasteiger partial charge is 1.00 e. The summed E-state index contributed by atoms with van der Waals surface area (Å²) in [5.74, 6) is -5.94. The molecular formula is C66H82Cl7F6N23NaO27+. The zero-order valence-corrected chi connectivity index (χ0v) is 78.4. The molecule has 0 aliphatic carbocycles. The van der Waals surface area contributed by atoms with Crippen molar-refractivity contribution in [2.75, 3.05) is 155 Å². The molecule has 0 unspecified atom stereocenters. The first-order chi connectivity index (χ1) is 59.6. The number of amides is 3. The number of nitrogens with two attached hydrogens (primary N) is 2. The standard InChI is InChI=1S/C13H21N5O4.C11H19N5O3.C8H8ClN3O4.C8H9ClN2O2.C6H5ClN2O3.C6H7ClN2O.C5H2Cl2N2O2.C4F6O3.C2H2ClO.C2H3N.CH4O.HNO3.Na.H/c1-9(19)14-10-8-11(18(20)21)12(15-13(10)22-5)17(4)7-6-16(2)3;1-14(2)5-6-15(3)10-9(16(17)18)7-8(12)11(13-10)19-4;1-4(13)10-5-3-6(12(14)15)7(9)11-8(5)16-2;1-5(12)10-6-3-4-7(9)11-8(6)13-2;1-12-6-4(9(10)11)2-3-5(7)8-6;1-10-6-4(8)2-3-5(7)9-6;6-4-2-1-3(9(10)11)5(7)8-4;5-3(6,7)1(11)13-2(12)4(8,9)10;1-2(3)4;1-2-3;1-2;2-1(3)4;;/h8H,6-7H2,1-5H3,(H,14,19);7H,5-6,12H2,1-4H3;3H,1-2H3,(H,10,13);3-4H,1-2H3,(H,10,12);2-3H,1H3;2-3H,8H2,1H3;1-2H;;1H2;1H3;2H,1H3;(H,2,3,4);;/q;;;;;;;;+1;;;;+1;-1. The number of nitriles is 1. The van der Waals surface area contributed by atoms with Gasteiger partial charge in [-0.25, -0.2) is 19.4 Å². The Labute approximate surface area is 791 Å². The van der Waals surface area contributed by atoms with Gasteiger partial charge in [0, 0.05) is 117 Å². The van der Waals surface area contributed by atoms with Gasteiger partial charge in [-0.2, -0.15) is 61.5 Å². The average Bonchev–Trinajstić information content (AvgIpc) is 0.825. The van der Waals surface area contributed by atoms with E-state index in [-0.39, 0.29) is 138 Å². The number of hydrogen-bond acceptors (Lipinski definition) is 40. The van der Waals surface area contributed by atoms with Crippen LogP contribution in [0, 0.1) is 78.9 Å². The zero-order chi connectivity index (χ0) is 101. The van der Waals surface area contributed by atoms with Gasteiger partial charge in [0.05, 0.1) is 79.0 Å². The Hall–Kier alpha value is -12.7. The number of pyridine rings is 7. The van der Waals surface area contributed by atoms with E-state index in [1.165, 1.54) is 107 Å². The number of carbonyl (C=O) groups is 6. The van der Waals surface area contributed by atoms with E-state index in [1.807, 2.05) is 38.0 Å². The molecule has 0 fully saturated rings. The Kier molecular flexibility index (Phi) is 65.7. The van der Waals surface area contributed by atoms with Gasteiger partial charge < -0.3 is 91.9 Å². The number of methoxy groups -OCH3 is 6. The third kappa shape index (κ3) is 55.1. The van der Waals surface area contributed by atoms with Crippen molar-refractivity contribution >= 4 is 185 Å². The number of nitrogens with zero attached hydrogens (tertiary/aromatic N) is 18. The number of nitro groups is 5. The fourth-order valence-corrected chi connectivity index (χ4v) is 8.26. The molecule has 0 saturated carbocycles. The van der Waals surface area contributed by atoms with Crippen molar-refractivity contribution in [3.05, 3.63) is 165 Å². The summed E-state index contributed by atoms with van der Waals surface area (Å²) in [6, 6.07) is 16.9. The summed E-state index contributed by atoms with van der Waals surface area (Å²) in [5.41, 5.74) is 11.4. The van der Waals surface area contributed by atoms with Crippen molar-refractivity contribution < 1.29 is 159 Å². The molecule has 7 heterocycles. The summed E-state index contributed by atoms with van der Waals surface area (Å²) in [6.45, 7) is 10.8. The van der Waals surface area contributed by atoms with Gasteiger partial charge in [0.2, 0.25) is 69.1 Å². The van der Waals surface area contributed by atoms with E-state index in [4.69, 9.17) is 135 Å². The molecule has 714 valence electrons. The number of aliphatic hydroxyl groups excluding tert-OH is 1. The zero-order valence-electron chi connectivity index (χ0n) is 72.1. The van der Waals surface area contributed by atoms with E-state index in [0.717, 1.165) is 19.7 Å². The molecule has 130 heavy (non-hydrogen) atoms. The third-order valence-corrected chi connectivity index (χ3v) is 13.7. The predicted molar refractivity (Wildman–Crippen MR) is 456 cm³/mol. The maximum Gasteiger partial charge on any atom is 1.00 e. The molecule has 9 N–H and O–H groups in total. The smallest absolute Gasteiger partial charge is 1.00 e. The number of nitrogen functional groups attached to an aromatic ring is 2. The van der Waals surface area contributed by atoms with Crippen molar-refractivity contribution in [1.82, 2.24) is 44.7 Å². The average molecular weight is 2010 g/mol. The van der Waals surface area contributed by atoms with Crippen LogP contribution in [-0.2, 0) is 33.5 Å². The number of nitrogens with one attached hydrogen (secondary N) is 3. The molecule has 64 heteroatoms. The molecule has 0 aliphatic heterocycles. The van der Waals surface area contributed by atoms with Gasteiger partial charge in [-0.15, -0.1) is 10.1 Å². The fourth-order valence-electron chi connectivity index (χ4n) is 7.23. The van der Waals surface area contributed by atoms with Crippen LogP contribution in [-0.4, -0.2) is 250 Å². The maximum atomic E-state index is 11.3. The van der Waals surface area contributed by atoms with E-state index in [1.54, 1.807) is 54.2 Å². The van der Waals surface area contributed by atoms with Gasteiger partial charge in [0.25, 0.3) is 11.0 Å². The second-order valence-corrected chi connectivity index (χ2v) is 25.2. The number of aliphatic hydroxyl groups is 1. The van der Waals surface area contributed by atoms with Crippen molar-refractivity contribution in [2.24, 2.45) is 0 Å². The number of hydrogen-bond donors (Lipinski definition) is 7. The van der Waals surface area contributed by atoms with E-state index >= 15 is 0 Å². The number of aromatic nitrogens is 7. The Morgan fingerprint density at radius 2 is 0.731 bits per heavy atom. The van der Waals surface area contributed by atoms with Crippen molar-refractivity contribution in [2.45, 2.75) is 40.0 Å². The molecule has 7 rings (SSSR count). The third-order valence-electron chi connectivity index (χ3n) is 12.3. The quantitative estimate of drug-likeness (QED) is 0.00383. The Morgan fingerprint density at radius 3 is 1.05 bits per heavy atom. The molecule has 7 aromatic rings. The molecule has 0 atom stereocenters. The number of halogens is 13. The summed E-state index contributed by atoms with van der Waals surface area (Å²) >= 11 is 37.5. The number of esters is 2. The van der Waals surface area contributed by atoms with Crippen LogP contribution < -0.4 is 95.2 Å². The summed E-state index contributed by atoms with van der Waals surface area (Å²) in [5, 5.41) is 88.7. The molecule has 0 bridgehead atoms. The summed E-state index contributed by atoms with van der Waals surface area (Å²) in [7, 11) is 20.5. The second-order valence-electron chi connectivity index (χ2n) is 22.5. The van der Waals surface area contributed by atoms with Gasteiger partial charge in [-0.05, 0) is 64.6 Å². The number of rotatable bonds is 22. The molecule has 0 aliphatic rings. The second kappa shape index (κ2) is 66.7. The van der Waals surface area contributed by atoms with E-state index < -0.39 is 70.8 Å². The first kappa shape index (κ1) is 128. The SMILES string of the molecule is CC#N.CO.COc1nc(Cl)c([N+](=O)[O-])cc1NC(C)=O.COc1nc(Cl)ccc1N.COc1nc(Cl)ccc1NC(C)=O.COc1nc(Cl)ccc1[N+](=O)[O-].COc1nc(N(C)CCN(C)C)c([N+](=O)[O-])cc1N.COc1nc(N(C)CCN(C)C)c([N+](=O)[O-])cc1NC(C)=O.O=C(OC(=O)C(F)(F)F)C(F)(F)F.O=[N+]([O-])O.O=[N+]([O-])c1ccc(Cl)nc1Cl.[CH2+]C(=O)Cl.[H-].[Na+]. The molecule has 0 spiro atoms. The van der Waals surface area contributed by atoms with Crippen LogP contribution in [0.2, 0.25) is 30.9 Å². The van der Waals surface area contributed by atoms with Crippen molar-refractivity contribution in [3.63, 3.8) is 0 Å². The van der Waals surface area contributed by atoms with E-state index in [2.05, 4.69) is 78.8 Å². The predicted octanol–water partition coefficient (Wildman–Crippen LogP) is 8.79. The van der Waals surface area contributed by atoms with Crippen LogP contribution in [0.1, 0.15) is 29.1 Å². The monoisotopic (exact) mass is 2010 g/mol. The minimum absolute atomic E-state index is 0. The first-order valence-electron chi connectivity index (χ1n) is 33.3. The maximum absolute atomic E-state index is 11.3. The van der Waals surface area contributed by atoms with Crippen LogP contribution in [0.3, 0.4) is 0 Å². The van der Waals surface area contributed by atoms with Gasteiger partial charge in [0.1, 0.15) is 43.4 Å². The first-order valence-corrected chi connectivity index (χ1v) is 35.9. The van der Waals surface area contributed by atoms with E-state index in [9.17, 15) is 101 Å². The van der Waals surface area contributed by atoms with Crippen LogP contribution in [0.15, 0.2) is 66.7 Å². The Balaban J connectivity index is -0.000000265.